The van der Waals surface area contributed by atoms with E-state index in [1.165, 1.54) is 41.3 Å². The smallest absolute Gasteiger partial charge is 0.272 e. The summed E-state index contributed by atoms with van der Waals surface area (Å²) in [4.78, 5) is 25.5. The maximum Gasteiger partial charge on any atom is 0.272 e. The van der Waals surface area contributed by atoms with E-state index in [9.17, 15) is 14.0 Å². The highest BCUT2D eigenvalue weighted by Gasteiger charge is 2.23. The molecule has 4 heterocycles. The maximum absolute atomic E-state index is 13.3. The van der Waals surface area contributed by atoms with Gasteiger partial charge in [0.2, 0.25) is 11.7 Å². The van der Waals surface area contributed by atoms with Gasteiger partial charge in [0.1, 0.15) is 10.5 Å². The van der Waals surface area contributed by atoms with Gasteiger partial charge in [0.15, 0.2) is 5.16 Å². The molecule has 0 bridgehead atoms. The molecular formula is C20H17ClFN5O3S2. The first-order chi connectivity index (χ1) is 15.5. The second-order valence-electron chi connectivity index (χ2n) is 7.27. The number of carbonyl (C=O) groups excluding carboxylic acids is 1. The van der Waals surface area contributed by atoms with Crippen LogP contribution in [0.2, 0.25) is 5.02 Å². The Labute approximate surface area is 194 Å². The molecule has 4 aromatic rings. The summed E-state index contributed by atoms with van der Waals surface area (Å²) in [5, 5.41) is 13.4. The number of nitrogens with zero attached hydrogens (tertiary/aromatic N) is 4. The zero-order valence-corrected chi connectivity index (χ0v) is 19.0. The van der Waals surface area contributed by atoms with Gasteiger partial charge in [-0.15, -0.1) is 21.5 Å². The summed E-state index contributed by atoms with van der Waals surface area (Å²) in [5.74, 6) is -0.386. The van der Waals surface area contributed by atoms with Crippen molar-refractivity contribution in [1.29, 1.82) is 0 Å². The van der Waals surface area contributed by atoms with Gasteiger partial charge >= 0.3 is 0 Å². The number of fused-ring (bicyclic) bond motifs is 3. The molecule has 0 aliphatic carbocycles. The minimum Gasteiger partial charge on any atom is -0.376 e. The van der Waals surface area contributed by atoms with Crippen LogP contribution in [0.15, 0.2) is 39.6 Å². The Kier molecular flexibility index (Phi) is 5.89. The lowest BCUT2D eigenvalue weighted by molar-refractivity contribution is -0.113. The molecule has 32 heavy (non-hydrogen) atoms. The number of rotatable bonds is 6. The molecular weight excluding hydrogens is 477 g/mol. The number of ether oxygens (including phenoxy) is 1. The van der Waals surface area contributed by atoms with Gasteiger partial charge < -0.3 is 10.1 Å². The van der Waals surface area contributed by atoms with Crippen molar-refractivity contribution in [3.63, 3.8) is 0 Å². The standard InChI is InChI=1S/C20H17ClFN5O3S2/c21-13-8-11(3-4-14(13)22)23-16(28)10-32-20-25-24-19-26(9-12-2-1-6-30-12)18(29)17-15(27(19)20)5-7-31-17/h3-5,7-8,12H,1-2,6,9-10H2,(H,23,28)/t12-/m0/s1. The van der Waals surface area contributed by atoms with E-state index < -0.39 is 5.82 Å². The summed E-state index contributed by atoms with van der Waals surface area (Å²) in [7, 11) is 0. The number of halogens is 2. The largest absolute Gasteiger partial charge is 0.376 e. The minimum atomic E-state index is -0.553. The summed E-state index contributed by atoms with van der Waals surface area (Å²) in [6, 6.07) is 5.83. The monoisotopic (exact) mass is 493 g/mol. The number of thiophene rings is 1. The Morgan fingerprint density at radius 1 is 1.38 bits per heavy atom. The van der Waals surface area contributed by atoms with E-state index >= 15 is 0 Å². The summed E-state index contributed by atoms with van der Waals surface area (Å²) >= 11 is 8.32. The molecule has 0 saturated carbocycles. The van der Waals surface area contributed by atoms with Gasteiger partial charge in [0.05, 0.1) is 28.9 Å². The summed E-state index contributed by atoms with van der Waals surface area (Å²) in [6.45, 7) is 1.10. The third-order valence-corrected chi connectivity index (χ3v) is 7.24. The van der Waals surface area contributed by atoms with Crippen molar-refractivity contribution >= 4 is 62.3 Å². The van der Waals surface area contributed by atoms with Crippen LogP contribution in [0.3, 0.4) is 0 Å². The Balaban J connectivity index is 1.42. The molecule has 1 fully saturated rings. The van der Waals surface area contributed by atoms with Crippen molar-refractivity contribution in [1.82, 2.24) is 19.2 Å². The highest BCUT2D eigenvalue weighted by molar-refractivity contribution is 7.99. The highest BCUT2D eigenvalue weighted by Crippen LogP contribution is 2.26. The topological polar surface area (TPSA) is 90.5 Å². The van der Waals surface area contributed by atoms with Crippen LogP contribution in [0.5, 0.6) is 0 Å². The number of benzene rings is 1. The van der Waals surface area contributed by atoms with Crippen LogP contribution in [0, 0.1) is 5.82 Å². The first kappa shape index (κ1) is 21.4. The average Bonchev–Trinajstić information content (AvgIpc) is 3.52. The summed E-state index contributed by atoms with van der Waals surface area (Å²) in [6.07, 6.45) is 1.83. The predicted octanol–water partition coefficient (Wildman–Crippen LogP) is 3.81. The molecule has 1 N–H and O–H groups in total. The van der Waals surface area contributed by atoms with E-state index in [4.69, 9.17) is 16.3 Å². The van der Waals surface area contributed by atoms with Crippen molar-refractivity contribution < 1.29 is 13.9 Å². The van der Waals surface area contributed by atoms with Crippen LogP contribution in [0.1, 0.15) is 12.8 Å². The Morgan fingerprint density at radius 2 is 2.25 bits per heavy atom. The molecule has 1 amide bonds. The fourth-order valence-corrected chi connectivity index (χ4v) is 5.40. The van der Waals surface area contributed by atoms with Crippen molar-refractivity contribution in [3.8, 4) is 0 Å². The molecule has 1 saturated heterocycles. The highest BCUT2D eigenvalue weighted by atomic mass is 35.5. The van der Waals surface area contributed by atoms with Gasteiger partial charge in [-0.3, -0.25) is 18.6 Å². The zero-order valence-electron chi connectivity index (χ0n) is 16.6. The fraction of sp³-hybridized carbons (Fsp3) is 0.300. The summed E-state index contributed by atoms with van der Waals surface area (Å²) < 4.78 is 23.0. The molecule has 8 nitrogen and oxygen atoms in total. The van der Waals surface area contributed by atoms with Gasteiger partial charge in [0, 0.05) is 12.3 Å². The van der Waals surface area contributed by atoms with Crippen LogP contribution in [0.4, 0.5) is 10.1 Å². The van der Waals surface area contributed by atoms with Crippen molar-refractivity contribution in [3.05, 3.63) is 50.8 Å². The molecule has 1 aromatic carbocycles. The van der Waals surface area contributed by atoms with Crippen LogP contribution in [-0.2, 0) is 16.1 Å². The molecule has 1 aliphatic heterocycles. The van der Waals surface area contributed by atoms with Crippen LogP contribution in [-0.4, -0.2) is 43.5 Å². The van der Waals surface area contributed by atoms with Crippen molar-refractivity contribution in [2.24, 2.45) is 0 Å². The number of carbonyl (C=O) groups is 1. The van der Waals surface area contributed by atoms with E-state index in [0.717, 1.165) is 12.8 Å². The van der Waals surface area contributed by atoms with Gasteiger partial charge in [0.25, 0.3) is 5.56 Å². The Bertz CT molecular complexity index is 1380. The van der Waals surface area contributed by atoms with Gasteiger partial charge in [-0.2, -0.15) is 0 Å². The lowest BCUT2D eigenvalue weighted by atomic mass is 10.2. The molecule has 1 aliphatic rings. The number of thioether (sulfide) groups is 1. The molecule has 166 valence electrons. The lowest BCUT2D eigenvalue weighted by Crippen LogP contribution is -2.28. The first-order valence-corrected chi connectivity index (χ1v) is 12.1. The Morgan fingerprint density at radius 3 is 3.03 bits per heavy atom. The van der Waals surface area contributed by atoms with Crippen molar-refractivity contribution in [2.75, 3.05) is 17.7 Å². The fourth-order valence-electron chi connectivity index (χ4n) is 3.65. The van der Waals surface area contributed by atoms with Crippen LogP contribution >= 0.6 is 34.7 Å². The number of amides is 1. The number of nitrogens with one attached hydrogen (secondary N) is 1. The Hall–Kier alpha value is -2.47. The van der Waals surface area contributed by atoms with Gasteiger partial charge in [-0.05, 0) is 42.5 Å². The average molecular weight is 494 g/mol. The molecule has 1 atom stereocenters. The molecule has 0 radical (unpaired) electrons. The lowest BCUT2D eigenvalue weighted by Gasteiger charge is -2.13. The van der Waals surface area contributed by atoms with Crippen molar-refractivity contribution in [2.45, 2.75) is 30.6 Å². The number of hydrogen-bond acceptors (Lipinski definition) is 7. The van der Waals surface area contributed by atoms with Gasteiger partial charge in [-0.25, -0.2) is 4.39 Å². The third-order valence-electron chi connectivity index (χ3n) is 5.13. The first-order valence-electron chi connectivity index (χ1n) is 9.85. The number of hydrogen-bond donors (Lipinski definition) is 1. The molecule has 0 unspecified atom stereocenters. The number of anilines is 1. The quantitative estimate of drug-likeness (QED) is 0.411. The predicted molar refractivity (Wildman–Crippen MR) is 122 cm³/mol. The summed E-state index contributed by atoms with van der Waals surface area (Å²) in [5.41, 5.74) is 0.989. The van der Waals surface area contributed by atoms with E-state index in [1.54, 1.807) is 8.97 Å². The SMILES string of the molecule is O=C(CSc1nnc2n(C[C@@H]3CCCO3)c(=O)c3sccc3n12)Nc1ccc(F)c(Cl)c1. The normalized spacial score (nSPS) is 16.2. The van der Waals surface area contributed by atoms with E-state index in [0.29, 0.717) is 40.0 Å². The maximum atomic E-state index is 13.3. The van der Waals surface area contributed by atoms with E-state index in [2.05, 4.69) is 15.5 Å². The van der Waals surface area contributed by atoms with E-state index in [-0.39, 0.29) is 28.3 Å². The molecule has 3 aromatic heterocycles. The van der Waals surface area contributed by atoms with Crippen LogP contribution in [0.25, 0.3) is 16.0 Å². The molecule has 0 spiro atoms. The van der Waals surface area contributed by atoms with E-state index in [1.807, 2.05) is 11.4 Å². The zero-order chi connectivity index (χ0) is 22.2. The molecule has 12 heteroatoms. The molecule has 5 rings (SSSR count). The van der Waals surface area contributed by atoms with Crippen LogP contribution < -0.4 is 10.9 Å². The second-order valence-corrected chi connectivity index (χ2v) is 9.54. The second kappa shape index (κ2) is 8.81. The number of aromatic nitrogens is 4. The van der Waals surface area contributed by atoms with Gasteiger partial charge in [-0.1, -0.05) is 23.4 Å². The third kappa shape index (κ3) is 4.01. The minimum absolute atomic E-state index is 0.0324.